The molecule has 1 atom stereocenters. The number of pyridine rings is 1. The van der Waals surface area contributed by atoms with Crippen molar-refractivity contribution in [2.45, 2.75) is 39.2 Å². The Bertz CT molecular complexity index is 428. The highest BCUT2D eigenvalue weighted by Gasteiger charge is 2.24. The van der Waals surface area contributed by atoms with E-state index in [4.69, 9.17) is 9.47 Å². The van der Waals surface area contributed by atoms with Gasteiger partial charge in [0.15, 0.2) is 0 Å². The molecule has 1 aliphatic rings. The van der Waals surface area contributed by atoms with E-state index in [9.17, 15) is 5.11 Å². The van der Waals surface area contributed by atoms with Crippen molar-refractivity contribution in [1.82, 2.24) is 4.98 Å². The lowest BCUT2D eigenvalue weighted by atomic mass is 9.90. The van der Waals surface area contributed by atoms with Gasteiger partial charge in [-0.25, -0.2) is 0 Å². The molecule has 4 heteroatoms. The van der Waals surface area contributed by atoms with E-state index >= 15 is 0 Å². The lowest BCUT2D eigenvalue weighted by Gasteiger charge is -2.27. The van der Waals surface area contributed by atoms with Crippen molar-refractivity contribution in [3.8, 4) is 5.75 Å². The van der Waals surface area contributed by atoms with Gasteiger partial charge in [-0.15, -0.1) is 0 Å². The molecule has 1 N–H and O–H groups in total. The van der Waals surface area contributed by atoms with Gasteiger partial charge in [-0.1, -0.05) is 0 Å². The van der Waals surface area contributed by atoms with Crippen LogP contribution >= 0.6 is 0 Å². The minimum absolute atomic E-state index is 0.322. The molecular formula is C15H23NO3. The molecule has 1 aromatic rings. The zero-order valence-corrected chi connectivity index (χ0v) is 12.0. The minimum Gasteiger partial charge on any atom is -0.496 e. The number of aliphatic hydroxyl groups is 1. The third-order valence-electron chi connectivity index (χ3n) is 3.96. The van der Waals surface area contributed by atoms with Crippen molar-refractivity contribution in [1.29, 1.82) is 0 Å². The number of hydrogen-bond donors (Lipinski definition) is 1. The third-order valence-corrected chi connectivity index (χ3v) is 3.96. The Hall–Kier alpha value is -1.13. The molecule has 4 nitrogen and oxygen atoms in total. The number of aliphatic hydroxyl groups excluding tert-OH is 1. The van der Waals surface area contributed by atoms with Gasteiger partial charge in [0.25, 0.3) is 0 Å². The second-order valence-corrected chi connectivity index (χ2v) is 5.27. The van der Waals surface area contributed by atoms with Crippen LogP contribution in [0.3, 0.4) is 0 Å². The third kappa shape index (κ3) is 3.25. The number of ether oxygens (including phenoxy) is 2. The van der Waals surface area contributed by atoms with Crippen LogP contribution in [0.5, 0.6) is 5.75 Å². The van der Waals surface area contributed by atoms with E-state index in [1.165, 1.54) is 0 Å². The number of methoxy groups -OCH3 is 1. The average Bonchev–Trinajstić information content (AvgIpc) is 2.43. The van der Waals surface area contributed by atoms with Gasteiger partial charge >= 0.3 is 0 Å². The van der Waals surface area contributed by atoms with E-state index in [0.717, 1.165) is 48.6 Å². The maximum absolute atomic E-state index is 10.3. The maximum atomic E-state index is 10.3. The second kappa shape index (κ2) is 6.35. The predicted octanol–water partition coefficient (Wildman–Crippen LogP) is 2.04. The molecule has 1 unspecified atom stereocenters. The average molecular weight is 265 g/mol. The molecule has 1 fully saturated rings. The van der Waals surface area contributed by atoms with Gasteiger partial charge in [0.1, 0.15) is 5.75 Å². The molecule has 0 saturated carbocycles. The van der Waals surface area contributed by atoms with Crippen molar-refractivity contribution < 1.29 is 14.6 Å². The first-order chi connectivity index (χ1) is 9.13. The number of hydrogen-bond acceptors (Lipinski definition) is 4. The van der Waals surface area contributed by atoms with Crippen LogP contribution in [-0.2, 0) is 11.2 Å². The summed E-state index contributed by atoms with van der Waals surface area (Å²) >= 11 is 0. The highest BCUT2D eigenvalue weighted by atomic mass is 16.5. The van der Waals surface area contributed by atoms with Gasteiger partial charge in [0, 0.05) is 42.7 Å². The predicted molar refractivity (Wildman–Crippen MR) is 73.5 cm³/mol. The highest BCUT2D eigenvalue weighted by molar-refractivity contribution is 5.41. The SMILES string of the molecule is COc1c(C)cnc(CC(O)C2CCOCC2)c1C. The smallest absolute Gasteiger partial charge is 0.128 e. The number of aryl methyl sites for hydroxylation is 1. The molecule has 2 heterocycles. The molecule has 19 heavy (non-hydrogen) atoms. The van der Waals surface area contributed by atoms with E-state index in [0.29, 0.717) is 12.3 Å². The number of aromatic nitrogens is 1. The van der Waals surface area contributed by atoms with Gasteiger partial charge in [-0.2, -0.15) is 0 Å². The monoisotopic (exact) mass is 265 g/mol. The van der Waals surface area contributed by atoms with E-state index < -0.39 is 0 Å². The Balaban J connectivity index is 2.10. The molecule has 0 radical (unpaired) electrons. The van der Waals surface area contributed by atoms with Crippen LogP contribution in [0.2, 0.25) is 0 Å². The summed E-state index contributed by atoms with van der Waals surface area (Å²) in [4.78, 5) is 4.45. The van der Waals surface area contributed by atoms with E-state index in [1.54, 1.807) is 7.11 Å². The normalized spacial score (nSPS) is 18.3. The zero-order chi connectivity index (χ0) is 13.8. The summed E-state index contributed by atoms with van der Waals surface area (Å²) in [7, 11) is 1.67. The van der Waals surface area contributed by atoms with Gasteiger partial charge in [-0.3, -0.25) is 4.98 Å². The highest BCUT2D eigenvalue weighted by Crippen LogP contribution is 2.27. The van der Waals surface area contributed by atoms with Crippen LogP contribution in [0.25, 0.3) is 0 Å². The van der Waals surface area contributed by atoms with Crippen LogP contribution in [-0.4, -0.2) is 36.5 Å². The molecule has 0 aromatic carbocycles. The molecule has 0 aliphatic carbocycles. The molecule has 1 aliphatic heterocycles. The van der Waals surface area contributed by atoms with Crippen LogP contribution in [0.15, 0.2) is 6.20 Å². The Morgan fingerprint density at radius 3 is 2.74 bits per heavy atom. The molecule has 1 aromatic heterocycles. The quantitative estimate of drug-likeness (QED) is 0.905. The lowest BCUT2D eigenvalue weighted by Crippen LogP contribution is -2.29. The lowest BCUT2D eigenvalue weighted by molar-refractivity contribution is 0.00799. The van der Waals surface area contributed by atoms with Gasteiger partial charge in [0.2, 0.25) is 0 Å². The first kappa shape index (κ1) is 14.3. The minimum atomic E-state index is -0.345. The van der Waals surface area contributed by atoms with Crippen LogP contribution in [0.4, 0.5) is 0 Å². The largest absolute Gasteiger partial charge is 0.496 e. The van der Waals surface area contributed by atoms with Gasteiger partial charge < -0.3 is 14.6 Å². The van der Waals surface area contributed by atoms with Crippen LogP contribution < -0.4 is 4.74 Å². The maximum Gasteiger partial charge on any atom is 0.128 e. The van der Waals surface area contributed by atoms with Crippen LogP contribution in [0, 0.1) is 19.8 Å². The standard InChI is InChI=1S/C15H23NO3/c1-10-9-16-13(11(2)15(10)18-3)8-14(17)12-4-6-19-7-5-12/h9,12,14,17H,4-8H2,1-3H3. The summed E-state index contributed by atoms with van der Waals surface area (Å²) in [5, 5.41) is 10.3. The molecule has 0 spiro atoms. The summed E-state index contributed by atoms with van der Waals surface area (Å²) in [6.07, 6.45) is 3.93. The molecule has 0 amide bonds. The Kier molecular flexibility index (Phi) is 4.77. The fourth-order valence-corrected chi connectivity index (χ4v) is 2.74. The Morgan fingerprint density at radius 1 is 1.42 bits per heavy atom. The summed E-state index contributed by atoms with van der Waals surface area (Å²) in [5.41, 5.74) is 3.00. The molecule has 0 bridgehead atoms. The van der Waals surface area contributed by atoms with Crippen molar-refractivity contribution >= 4 is 0 Å². The Labute approximate surface area is 114 Å². The van der Waals surface area contributed by atoms with Crippen molar-refractivity contribution in [2.24, 2.45) is 5.92 Å². The Morgan fingerprint density at radius 2 is 2.11 bits per heavy atom. The fourth-order valence-electron chi connectivity index (χ4n) is 2.74. The van der Waals surface area contributed by atoms with Gasteiger partial charge in [0.05, 0.1) is 13.2 Å². The summed E-state index contributed by atoms with van der Waals surface area (Å²) in [5.74, 6) is 1.20. The summed E-state index contributed by atoms with van der Waals surface area (Å²) < 4.78 is 10.7. The fraction of sp³-hybridized carbons (Fsp3) is 0.667. The van der Waals surface area contributed by atoms with Crippen molar-refractivity contribution in [2.75, 3.05) is 20.3 Å². The second-order valence-electron chi connectivity index (χ2n) is 5.27. The van der Waals surface area contributed by atoms with E-state index in [1.807, 2.05) is 20.0 Å². The number of rotatable bonds is 4. The van der Waals surface area contributed by atoms with Crippen molar-refractivity contribution in [3.63, 3.8) is 0 Å². The zero-order valence-electron chi connectivity index (χ0n) is 12.0. The molecule has 2 rings (SSSR count). The van der Waals surface area contributed by atoms with Crippen molar-refractivity contribution in [3.05, 3.63) is 23.0 Å². The topological polar surface area (TPSA) is 51.6 Å². The van der Waals surface area contributed by atoms with E-state index in [2.05, 4.69) is 4.98 Å². The van der Waals surface area contributed by atoms with Crippen LogP contribution in [0.1, 0.15) is 29.7 Å². The summed E-state index contributed by atoms with van der Waals surface area (Å²) in [6, 6.07) is 0. The molecular weight excluding hydrogens is 242 g/mol. The summed E-state index contributed by atoms with van der Waals surface area (Å²) in [6.45, 7) is 5.50. The first-order valence-electron chi connectivity index (χ1n) is 6.88. The molecule has 106 valence electrons. The van der Waals surface area contributed by atoms with E-state index in [-0.39, 0.29) is 6.10 Å². The first-order valence-corrected chi connectivity index (χ1v) is 6.88. The number of nitrogens with zero attached hydrogens (tertiary/aromatic N) is 1. The molecule has 1 saturated heterocycles. The van der Waals surface area contributed by atoms with Gasteiger partial charge in [-0.05, 0) is 32.6 Å².